The lowest BCUT2D eigenvalue weighted by atomic mass is 10.0. The van der Waals surface area contributed by atoms with Gasteiger partial charge in [0.15, 0.2) is 0 Å². The second-order valence-electron chi connectivity index (χ2n) is 4.51. The SMILES string of the molecule is CN(CCN)c1ncc(C2CCCC2)cn1. The molecule has 16 heavy (non-hydrogen) atoms. The third-order valence-corrected chi connectivity index (χ3v) is 3.29. The Hall–Kier alpha value is -1.16. The molecule has 1 aromatic heterocycles. The third kappa shape index (κ3) is 2.50. The van der Waals surface area contributed by atoms with E-state index in [1.807, 2.05) is 24.3 Å². The first kappa shape index (κ1) is 11.3. The van der Waals surface area contributed by atoms with Crippen molar-refractivity contribution in [3.8, 4) is 0 Å². The van der Waals surface area contributed by atoms with Crippen LogP contribution >= 0.6 is 0 Å². The molecule has 1 aromatic rings. The highest BCUT2D eigenvalue weighted by Crippen LogP contribution is 2.33. The van der Waals surface area contributed by atoms with Crippen LogP contribution in [0, 0.1) is 0 Å². The Morgan fingerprint density at radius 1 is 1.31 bits per heavy atom. The minimum absolute atomic E-state index is 0.629. The summed E-state index contributed by atoms with van der Waals surface area (Å²) in [6.07, 6.45) is 9.23. The number of rotatable bonds is 4. The number of hydrogen-bond acceptors (Lipinski definition) is 4. The highest BCUT2D eigenvalue weighted by molar-refractivity contribution is 5.29. The molecule has 1 aliphatic carbocycles. The van der Waals surface area contributed by atoms with Gasteiger partial charge < -0.3 is 10.6 Å². The molecule has 1 saturated carbocycles. The highest BCUT2D eigenvalue weighted by atomic mass is 15.2. The number of nitrogens with two attached hydrogens (primary N) is 1. The minimum Gasteiger partial charge on any atom is -0.343 e. The van der Waals surface area contributed by atoms with E-state index in [1.54, 1.807) is 0 Å². The summed E-state index contributed by atoms with van der Waals surface area (Å²) < 4.78 is 0. The number of anilines is 1. The van der Waals surface area contributed by atoms with Crippen LogP contribution < -0.4 is 10.6 Å². The van der Waals surface area contributed by atoms with Crippen molar-refractivity contribution in [1.82, 2.24) is 9.97 Å². The molecule has 4 heteroatoms. The van der Waals surface area contributed by atoms with E-state index >= 15 is 0 Å². The lowest BCUT2D eigenvalue weighted by Crippen LogP contribution is -2.26. The first-order valence-electron chi connectivity index (χ1n) is 6.04. The molecule has 2 rings (SSSR count). The van der Waals surface area contributed by atoms with Gasteiger partial charge in [-0.3, -0.25) is 0 Å². The lowest BCUT2D eigenvalue weighted by Gasteiger charge is -2.16. The summed E-state index contributed by atoms with van der Waals surface area (Å²) in [7, 11) is 1.97. The van der Waals surface area contributed by atoms with Crippen molar-refractivity contribution in [2.45, 2.75) is 31.6 Å². The Bertz CT molecular complexity index is 316. The van der Waals surface area contributed by atoms with Crippen LogP contribution in [0.4, 0.5) is 5.95 Å². The van der Waals surface area contributed by atoms with E-state index in [2.05, 4.69) is 9.97 Å². The predicted molar refractivity (Wildman–Crippen MR) is 65.6 cm³/mol. The Labute approximate surface area is 96.9 Å². The lowest BCUT2D eigenvalue weighted by molar-refractivity contribution is 0.711. The monoisotopic (exact) mass is 220 g/mol. The molecule has 0 bridgehead atoms. The molecule has 4 nitrogen and oxygen atoms in total. The molecule has 0 aromatic carbocycles. The fourth-order valence-corrected chi connectivity index (χ4v) is 2.29. The summed E-state index contributed by atoms with van der Waals surface area (Å²) in [6.45, 7) is 1.42. The fraction of sp³-hybridized carbons (Fsp3) is 0.667. The maximum Gasteiger partial charge on any atom is 0.225 e. The van der Waals surface area contributed by atoms with E-state index in [0.29, 0.717) is 12.5 Å². The summed E-state index contributed by atoms with van der Waals surface area (Å²) in [4.78, 5) is 10.8. The molecule has 2 N–H and O–H groups in total. The molecule has 0 amide bonds. The summed E-state index contributed by atoms with van der Waals surface area (Å²) in [5, 5.41) is 0. The highest BCUT2D eigenvalue weighted by Gasteiger charge is 2.17. The quantitative estimate of drug-likeness (QED) is 0.836. The van der Waals surface area contributed by atoms with Gasteiger partial charge in [-0.15, -0.1) is 0 Å². The van der Waals surface area contributed by atoms with E-state index < -0.39 is 0 Å². The summed E-state index contributed by atoms with van der Waals surface area (Å²) >= 11 is 0. The summed E-state index contributed by atoms with van der Waals surface area (Å²) in [5.41, 5.74) is 6.79. The number of aromatic nitrogens is 2. The molecule has 88 valence electrons. The molecule has 0 unspecified atom stereocenters. The van der Waals surface area contributed by atoms with Crippen LogP contribution in [0.1, 0.15) is 37.2 Å². The maximum atomic E-state index is 5.50. The van der Waals surface area contributed by atoms with Gasteiger partial charge in [-0.1, -0.05) is 12.8 Å². The largest absolute Gasteiger partial charge is 0.343 e. The maximum absolute atomic E-state index is 5.50. The number of hydrogen-bond donors (Lipinski definition) is 1. The van der Waals surface area contributed by atoms with Gasteiger partial charge >= 0.3 is 0 Å². The number of nitrogens with zero attached hydrogens (tertiary/aromatic N) is 3. The Balaban J connectivity index is 2.03. The second kappa shape index (κ2) is 5.25. The molecule has 1 heterocycles. The predicted octanol–water partition coefficient (Wildman–Crippen LogP) is 1.53. The van der Waals surface area contributed by atoms with Crippen molar-refractivity contribution in [1.29, 1.82) is 0 Å². The van der Waals surface area contributed by atoms with Crippen molar-refractivity contribution in [3.63, 3.8) is 0 Å². The average Bonchev–Trinajstić information content (AvgIpc) is 2.83. The normalized spacial score (nSPS) is 16.6. The van der Waals surface area contributed by atoms with Gasteiger partial charge in [-0.05, 0) is 24.3 Å². The molecule has 0 atom stereocenters. The van der Waals surface area contributed by atoms with Crippen molar-refractivity contribution < 1.29 is 0 Å². The molecular weight excluding hydrogens is 200 g/mol. The van der Waals surface area contributed by atoms with Gasteiger partial charge in [-0.2, -0.15) is 0 Å². The smallest absolute Gasteiger partial charge is 0.225 e. The van der Waals surface area contributed by atoms with Gasteiger partial charge in [0.1, 0.15) is 0 Å². The van der Waals surface area contributed by atoms with Gasteiger partial charge in [0, 0.05) is 32.5 Å². The molecular formula is C12H20N4. The first-order valence-corrected chi connectivity index (χ1v) is 6.04. The van der Waals surface area contributed by atoms with Crippen LogP contribution in [-0.4, -0.2) is 30.1 Å². The van der Waals surface area contributed by atoms with E-state index in [1.165, 1.54) is 31.2 Å². The summed E-state index contributed by atoms with van der Waals surface area (Å²) in [6, 6.07) is 0. The Kier molecular flexibility index (Phi) is 3.72. The van der Waals surface area contributed by atoms with Gasteiger partial charge in [-0.25, -0.2) is 9.97 Å². The zero-order valence-electron chi connectivity index (χ0n) is 9.89. The zero-order chi connectivity index (χ0) is 11.4. The van der Waals surface area contributed by atoms with Crippen LogP contribution in [0.5, 0.6) is 0 Å². The summed E-state index contributed by atoms with van der Waals surface area (Å²) in [5.74, 6) is 1.46. The van der Waals surface area contributed by atoms with Crippen molar-refractivity contribution >= 4 is 5.95 Å². The van der Waals surface area contributed by atoms with Crippen LogP contribution in [0.3, 0.4) is 0 Å². The first-order chi connectivity index (χ1) is 7.81. The molecule has 0 spiro atoms. The molecule has 1 aliphatic rings. The second-order valence-corrected chi connectivity index (χ2v) is 4.51. The Morgan fingerprint density at radius 3 is 2.50 bits per heavy atom. The van der Waals surface area contributed by atoms with E-state index in [0.717, 1.165) is 12.5 Å². The molecule has 1 fully saturated rings. The van der Waals surface area contributed by atoms with E-state index in [-0.39, 0.29) is 0 Å². The van der Waals surface area contributed by atoms with Gasteiger partial charge in [0.25, 0.3) is 0 Å². The average molecular weight is 220 g/mol. The van der Waals surface area contributed by atoms with Crippen LogP contribution in [0.2, 0.25) is 0 Å². The third-order valence-electron chi connectivity index (χ3n) is 3.29. The Morgan fingerprint density at radius 2 is 1.94 bits per heavy atom. The van der Waals surface area contributed by atoms with Crippen LogP contribution in [0.15, 0.2) is 12.4 Å². The van der Waals surface area contributed by atoms with Crippen LogP contribution in [0.25, 0.3) is 0 Å². The van der Waals surface area contributed by atoms with Gasteiger partial charge in [0.05, 0.1) is 0 Å². The van der Waals surface area contributed by atoms with Crippen molar-refractivity contribution in [3.05, 3.63) is 18.0 Å². The molecule has 0 saturated heterocycles. The van der Waals surface area contributed by atoms with Crippen molar-refractivity contribution in [2.24, 2.45) is 5.73 Å². The molecule has 0 aliphatic heterocycles. The standard InChI is InChI=1S/C12H20N4/c1-16(7-6-13)12-14-8-11(9-15-12)10-4-2-3-5-10/h8-10H,2-7,13H2,1H3. The zero-order valence-corrected chi connectivity index (χ0v) is 9.89. The minimum atomic E-state index is 0.629. The topological polar surface area (TPSA) is 55.0 Å². The van der Waals surface area contributed by atoms with E-state index in [9.17, 15) is 0 Å². The van der Waals surface area contributed by atoms with E-state index in [4.69, 9.17) is 5.73 Å². The van der Waals surface area contributed by atoms with Gasteiger partial charge in [0.2, 0.25) is 5.95 Å². The molecule has 0 radical (unpaired) electrons. The van der Waals surface area contributed by atoms with Crippen LogP contribution in [-0.2, 0) is 0 Å². The van der Waals surface area contributed by atoms with Crippen molar-refractivity contribution in [2.75, 3.05) is 25.0 Å². The fourth-order valence-electron chi connectivity index (χ4n) is 2.29. The number of likely N-dealkylation sites (N-methyl/N-ethyl adjacent to an activating group) is 1.